The minimum atomic E-state index is -3.19. The number of hydrogen-bond acceptors (Lipinski definition) is 8. The van der Waals surface area contributed by atoms with Crippen molar-refractivity contribution in [2.45, 2.75) is 70.3 Å². The zero-order valence-electron chi connectivity index (χ0n) is 19.8. The highest BCUT2D eigenvalue weighted by molar-refractivity contribution is 7.90. The third-order valence-corrected chi connectivity index (χ3v) is 7.28. The maximum atomic E-state index is 12.1. The van der Waals surface area contributed by atoms with Gasteiger partial charge in [0.1, 0.15) is 11.6 Å². The van der Waals surface area contributed by atoms with Crippen LogP contribution in [0.1, 0.15) is 64.3 Å². The minimum absolute atomic E-state index is 0.0641. The Kier molecular flexibility index (Phi) is 6.52. The van der Waals surface area contributed by atoms with Crippen LogP contribution in [0.25, 0.3) is 5.52 Å². The van der Waals surface area contributed by atoms with Crippen molar-refractivity contribution in [2.75, 3.05) is 11.1 Å². The Balaban J connectivity index is 1.41. The summed E-state index contributed by atoms with van der Waals surface area (Å²) in [6, 6.07) is 3.64. The summed E-state index contributed by atoms with van der Waals surface area (Å²) >= 11 is 0. The van der Waals surface area contributed by atoms with Crippen molar-refractivity contribution >= 4 is 33.1 Å². The first-order chi connectivity index (χ1) is 16.0. The molecule has 4 rings (SSSR count). The molecule has 1 saturated carbocycles. The van der Waals surface area contributed by atoms with Crippen LogP contribution < -0.4 is 10.6 Å². The van der Waals surface area contributed by atoms with E-state index < -0.39 is 15.9 Å². The predicted octanol–water partition coefficient (Wildman–Crippen LogP) is 3.29. The summed E-state index contributed by atoms with van der Waals surface area (Å²) in [5.74, 6) is 1.28. The van der Waals surface area contributed by atoms with Crippen LogP contribution in [0.5, 0.6) is 0 Å². The Labute approximate surface area is 198 Å². The van der Waals surface area contributed by atoms with Crippen molar-refractivity contribution in [3.8, 4) is 0 Å². The van der Waals surface area contributed by atoms with Crippen LogP contribution in [-0.4, -0.2) is 56.7 Å². The molecule has 0 aliphatic heterocycles. The Morgan fingerprint density at radius 3 is 2.82 bits per heavy atom. The third kappa shape index (κ3) is 5.85. The summed E-state index contributed by atoms with van der Waals surface area (Å²) in [6.07, 6.45) is 5.15. The number of nitrogens with zero attached hydrogens (tertiary/aromatic N) is 4. The molecule has 2 unspecified atom stereocenters. The van der Waals surface area contributed by atoms with Crippen molar-refractivity contribution in [3.63, 3.8) is 0 Å². The number of H-pyrrole nitrogens is 1. The quantitative estimate of drug-likeness (QED) is 0.459. The number of fused-ring (bicyclic) bond motifs is 1. The average molecular weight is 490 g/mol. The van der Waals surface area contributed by atoms with Crippen LogP contribution in [0, 0.1) is 0 Å². The molecule has 3 aromatic rings. The number of amides is 1. The lowest BCUT2D eigenvalue weighted by atomic mass is 10.0. The van der Waals surface area contributed by atoms with E-state index in [1.807, 2.05) is 26.8 Å². The molecule has 0 aromatic carbocycles. The number of nitrogens with one attached hydrogen (secondary N) is 3. The van der Waals surface area contributed by atoms with Gasteiger partial charge in [0, 0.05) is 41.4 Å². The maximum absolute atomic E-state index is 12.1. The largest absolute Gasteiger partial charge is 0.446 e. The van der Waals surface area contributed by atoms with E-state index in [4.69, 9.17) is 4.74 Å². The summed E-state index contributed by atoms with van der Waals surface area (Å²) in [5.41, 5.74) is 1.75. The van der Waals surface area contributed by atoms with Gasteiger partial charge in [-0.25, -0.2) is 22.7 Å². The van der Waals surface area contributed by atoms with E-state index in [2.05, 4.69) is 30.9 Å². The molecule has 3 heterocycles. The monoisotopic (exact) mass is 489 g/mol. The molecule has 0 saturated heterocycles. The number of ether oxygens (including phenoxy) is 1. The molecular weight excluding hydrogens is 458 g/mol. The molecule has 2 atom stereocenters. The fourth-order valence-electron chi connectivity index (χ4n) is 4.01. The van der Waals surface area contributed by atoms with E-state index in [9.17, 15) is 13.2 Å². The van der Waals surface area contributed by atoms with E-state index in [0.717, 1.165) is 25.0 Å². The number of alkyl carbamates (subject to hydrolysis) is 1. The summed E-state index contributed by atoms with van der Waals surface area (Å²) in [6.45, 7) is 7.36. The summed E-state index contributed by atoms with van der Waals surface area (Å²) in [4.78, 5) is 16.4. The van der Waals surface area contributed by atoms with Crippen molar-refractivity contribution in [1.82, 2.24) is 30.1 Å². The molecule has 184 valence electrons. The lowest BCUT2D eigenvalue weighted by Gasteiger charge is -2.22. The molecule has 3 aromatic heterocycles. The van der Waals surface area contributed by atoms with Gasteiger partial charge in [0.25, 0.3) is 0 Å². The van der Waals surface area contributed by atoms with Crippen molar-refractivity contribution in [2.24, 2.45) is 0 Å². The molecule has 1 aliphatic carbocycles. The van der Waals surface area contributed by atoms with Gasteiger partial charge in [0.2, 0.25) is 0 Å². The molecule has 3 N–H and O–H groups in total. The Morgan fingerprint density at radius 1 is 1.29 bits per heavy atom. The summed E-state index contributed by atoms with van der Waals surface area (Å²) < 4.78 is 31.1. The SMILES string of the molecule is CCS(=O)(=O)Cc1cc2c(Nc3cc(C4CCC(OC(=O)NC(C)(C)C)C4)[nH]n3)nccn2n1. The lowest BCUT2D eigenvalue weighted by Crippen LogP contribution is -2.42. The number of rotatable bonds is 7. The van der Waals surface area contributed by atoms with Gasteiger partial charge in [0.05, 0.1) is 11.4 Å². The van der Waals surface area contributed by atoms with Gasteiger partial charge in [-0.05, 0) is 46.1 Å². The third-order valence-electron chi connectivity index (χ3n) is 5.67. The molecule has 12 heteroatoms. The molecular formula is C22H31N7O4S. The van der Waals surface area contributed by atoms with Gasteiger partial charge >= 0.3 is 6.09 Å². The fourth-order valence-corrected chi connectivity index (χ4v) is 4.81. The van der Waals surface area contributed by atoms with Gasteiger partial charge in [-0.3, -0.25) is 5.10 Å². The molecule has 1 aliphatic rings. The number of aromatic nitrogens is 5. The summed E-state index contributed by atoms with van der Waals surface area (Å²) in [7, 11) is -3.19. The summed E-state index contributed by atoms with van der Waals surface area (Å²) in [5, 5.41) is 17.8. The second kappa shape index (κ2) is 9.24. The normalized spacial score (nSPS) is 18.8. The van der Waals surface area contributed by atoms with Crippen LogP contribution in [0.15, 0.2) is 24.5 Å². The van der Waals surface area contributed by atoms with E-state index >= 15 is 0 Å². The molecule has 0 spiro atoms. The Bertz CT molecular complexity index is 1280. The van der Waals surface area contributed by atoms with Crippen molar-refractivity contribution in [1.29, 1.82) is 0 Å². The number of anilines is 2. The second-order valence-electron chi connectivity index (χ2n) is 9.66. The zero-order chi connectivity index (χ0) is 24.5. The maximum Gasteiger partial charge on any atom is 0.407 e. The van der Waals surface area contributed by atoms with Crippen LogP contribution >= 0.6 is 0 Å². The van der Waals surface area contributed by atoms with Gasteiger partial charge < -0.3 is 15.4 Å². The zero-order valence-corrected chi connectivity index (χ0v) is 20.6. The number of hydrogen-bond donors (Lipinski definition) is 3. The Hall–Kier alpha value is -3.15. The first kappa shape index (κ1) is 24.0. The van der Waals surface area contributed by atoms with Crippen LogP contribution in [0.4, 0.5) is 16.4 Å². The predicted molar refractivity (Wildman–Crippen MR) is 128 cm³/mol. The first-order valence-corrected chi connectivity index (χ1v) is 13.2. The molecule has 0 radical (unpaired) electrons. The van der Waals surface area contributed by atoms with E-state index in [-0.39, 0.29) is 29.1 Å². The van der Waals surface area contributed by atoms with Gasteiger partial charge in [0.15, 0.2) is 21.5 Å². The molecule has 0 bridgehead atoms. The van der Waals surface area contributed by atoms with Crippen LogP contribution in [0.3, 0.4) is 0 Å². The smallest absolute Gasteiger partial charge is 0.407 e. The minimum Gasteiger partial charge on any atom is -0.446 e. The van der Waals surface area contributed by atoms with E-state index in [0.29, 0.717) is 22.8 Å². The van der Waals surface area contributed by atoms with Crippen molar-refractivity contribution in [3.05, 3.63) is 35.9 Å². The van der Waals surface area contributed by atoms with E-state index in [1.54, 1.807) is 29.9 Å². The molecule has 1 fully saturated rings. The van der Waals surface area contributed by atoms with Crippen LogP contribution in [0.2, 0.25) is 0 Å². The topological polar surface area (TPSA) is 143 Å². The average Bonchev–Trinajstić information content (AvgIpc) is 3.46. The lowest BCUT2D eigenvalue weighted by molar-refractivity contribution is 0.0936. The van der Waals surface area contributed by atoms with Gasteiger partial charge in [-0.1, -0.05) is 6.92 Å². The highest BCUT2D eigenvalue weighted by Crippen LogP contribution is 2.36. The highest BCUT2D eigenvalue weighted by Gasteiger charge is 2.30. The first-order valence-electron chi connectivity index (χ1n) is 11.4. The molecule has 11 nitrogen and oxygen atoms in total. The second-order valence-corrected chi connectivity index (χ2v) is 12.0. The van der Waals surface area contributed by atoms with Crippen molar-refractivity contribution < 1.29 is 17.9 Å². The standard InChI is InChI=1S/C22H31N7O4S/c1-5-34(31,32)13-15-11-18-20(23-8-9-29(18)28-15)24-19-12-17(26-27-19)14-6-7-16(10-14)33-21(30)25-22(2,3)4/h8-9,11-12,14,16H,5-7,10,13H2,1-4H3,(H,25,30)(H2,23,24,26,27). The number of carbonyl (C=O) groups excluding carboxylic acids is 1. The highest BCUT2D eigenvalue weighted by atomic mass is 32.2. The fraction of sp³-hybridized carbons (Fsp3) is 0.545. The molecule has 1 amide bonds. The Morgan fingerprint density at radius 2 is 2.09 bits per heavy atom. The number of aromatic amines is 1. The number of sulfone groups is 1. The van der Waals surface area contributed by atoms with E-state index in [1.165, 1.54) is 0 Å². The molecule has 34 heavy (non-hydrogen) atoms. The van der Waals surface area contributed by atoms with Gasteiger partial charge in [-0.15, -0.1) is 0 Å². The number of carbonyl (C=O) groups is 1. The van der Waals surface area contributed by atoms with Crippen LogP contribution in [-0.2, 0) is 20.3 Å². The van der Waals surface area contributed by atoms with Gasteiger partial charge in [-0.2, -0.15) is 10.2 Å².